The summed E-state index contributed by atoms with van der Waals surface area (Å²) < 4.78 is 7.80. The number of nitrogens with zero attached hydrogens (tertiary/aromatic N) is 4. The lowest BCUT2D eigenvalue weighted by Gasteiger charge is -2.27. The molecule has 8 heteroatoms. The first-order valence-corrected chi connectivity index (χ1v) is 13.6. The van der Waals surface area contributed by atoms with Crippen molar-refractivity contribution in [3.05, 3.63) is 118 Å². The number of carbonyl (C=O) groups is 2. The predicted molar refractivity (Wildman–Crippen MR) is 158 cm³/mol. The number of rotatable bonds is 8. The number of para-hydroxylation sites is 1. The van der Waals surface area contributed by atoms with E-state index in [-0.39, 0.29) is 12.1 Å². The maximum Gasteiger partial charge on any atom is 0.271 e. The standard InChI is InChI=1S/C33H27ClN4O3/c1-3-16-37-32(39)29(22(2)30(19-35)33(37)40)18-25-20-38(27-9-5-4-6-10-27)36-31(25)24-8-7-11-28(17-24)41-21-23-12-14-26(34)15-13-23/h4-15,17-18,20H,3,16,21H2,1-2H3/b29-18+. The van der Waals surface area contributed by atoms with Crippen molar-refractivity contribution in [2.24, 2.45) is 0 Å². The van der Waals surface area contributed by atoms with Crippen molar-refractivity contribution >= 4 is 29.5 Å². The third-order valence-corrected chi connectivity index (χ3v) is 7.01. The lowest BCUT2D eigenvalue weighted by Crippen LogP contribution is -2.43. The van der Waals surface area contributed by atoms with Gasteiger partial charge in [0.15, 0.2) is 0 Å². The molecule has 0 unspecified atom stereocenters. The normalized spacial score (nSPS) is 14.5. The molecule has 5 rings (SSSR count). The van der Waals surface area contributed by atoms with Crippen LogP contribution in [0.5, 0.6) is 5.75 Å². The SMILES string of the molecule is CCCN1C(=O)C(C#N)=C(C)/C(=C\c2cn(-c3ccccc3)nc2-c2cccc(OCc3ccc(Cl)cc3)c2)C1=O. The van der Waals surface area contributed by atoms with Crippen molar-refractivity contribution in [2.45, 2.75) is 26.9 Å². The molecule has 0 fully saturated rings. The molecule has 0 N–H and O–H groups in total. The number of benzene rings is 3. The minimum absolute atomic E-state index is 0.0288. The van der Waals surface area contributed by atoms with E-state index in [2.05, 4.69) is 0 Å². The number of halogens is 1. The van der Waals surface area contributed by atoms with E-state index < -0.39 is 11.8 Å². The van der Waals surface area contributed by atoms with Crippen LogP contribution in [0.2, 0.25) is 5.02 Å². The Morgan fingerprint density at radius 1 is 1.00 bits per heavy atom. The highest BCUT2D eigenvalue weighted by atomic mass is 35.5. The molecule has 0 spiro atoms. The zero-order valence-electron chi connectivity index (χ0n) is 22.7. The first-order valence-electron chi connectivity index (χ1n) is 13.2. The number of amides is 2. The zero-order valence-corrected chi connectivity index (χ0v) is 23.4. The molecule has 2 amide bonds. The number of hydrogen-bond acceptors (Lipinski definition) is 5. The van der Waals surface area contributed by atoms with Crippen molar-refractivity contribution < 1.29 is 14.3 Å². The van der Waals surface area contributed by atoms with Gasteiger partial charge in [-0.25, -0.2) is 4.68 Å². The summed E-state index contributed by atoms with van der Waals surface area (Å²) in [5.41, 5.74) is 4.51. The Bertz CT molecular complexity index is 1710. The number of carbonyl (C=O) groups excluding carboxylic acids is 2. The molecule has 1 aromatic heterocycles. The number of aromatic nitrogens is 2. The van der Waals surface area contributed by atoms with Crippen LogP contribution in [0.1, 0.15) is 31.4 Å². The highest BCUT2D eigenvalue weighted by Gasteiger charge is 2.35. The fourth-order valence-electron chi connectivity index (χ4n) is 4.62. The molecule has 0 saturated carbocycles. The van der Waals surface area contributed by atoms with Crippen molar-refractivity contribution in [3.8, 4) is 28.8 Å². The van der Waals surface area contributed by atoms with E-state index in [4.69, 9.17) is 21.4 Å². The Morgan fingerprint density at radius 3 is 2.46 bits per heavy atom. The van der Waals surface area contributed by atoms with Crippen LogP contribution < -0.4 is 4.74 Å². The second-order valence-electron chi connectivity index (χ2n) is 9.59. The van der Waals surface area contributed by atoms with Crippen LogP contribution in [0, 0.1) is 11.3 Å². The molecule has 0 saturated heterocycles. The fourth-order valence-corrected chi connectivity index (χ4v) is 4.75. The quantitative estimate of drug-likeness (QED) is 0.174. The molecule has 4 aromatic rings. The van der Waals surface area contributed by atoms with Gasteiger partial charge in [-0.05, 0) is 67.0 Å². The van der Waals surface area contributed by atoms with Gasteiger partial charge in [0.25, 0.3) is 11.8 Å². The van der Waals surface area contributed by atoms with Crippen LogP contribution in [0.25, 0.3) is 23.0 Å². The Kier molecular flexibility index (Phi) is 8.14. The van der Waals surface area contributed by atoms with Gasteiger partial charge in [-0.15, -0.1) is 0 Å². The molecular weight excluding hydrogens is 536 g/mol. The van der Waals surface area contributed by atoms with Crippen LogP contribution >= 0.6 is 11.6 Å². The topological polar surface area (TPSA) is 88.2 Å². The summed E-state index contributed by atoms with van der Waals surface area (Å²) in [4.78, 5) is 27.4. The summed E-state index contributed by atoms with van der Waals surface area (Å²) in [5, 5.41) is 15.3. The largest absolute Gasteiger partial charge is 0.489 e. The number of nitriles is 1. The smallest absolute Gasteiger partial charge is 0.271 e. The van der Waals surface area contributed by atoms with E-state index >= 15 is 0 Å². The lowest BCUT2D eigenvalue weighted by atomic mass is 9.93. The highest BCUT2D eigenvalue weighted by Crippen LogP contribution is 2.32. The molecule has 1 aliphatic heterocycles. The molecule has 41 heavy (non-hydrogen) atoms. The molecule has 0 radical (unpaired) electrons. The lowest BCUT2D eigenvalue weighted by molar-refractivity contribution is -0.140. The van der Waals surface area contributed by atoms with Gasteiger partial charge in [0, 0.05) is 34.5 Å². The summed E-state index contributed by atoms with van der Waals surface area (Å²) in [7, 11) is 0. The first-order chi connectivity index (χ1) is 19.9. The number of imide groups is 1. The number of ether oxygens (including phenoxy) is 1. The molecule has 0 bridgehead atoms. The molecule has 7 nitrogen and oxygen atoms in total. The average molecular weight is 563 g/mol. The van der Waals surface area contributed by atoms with Crippen molar-refractivity contribution in [1.82, 2.24) is 14.7 Å². The van der Waals surface area contributed by atoms with E-state index in [1.807, 2.05) is 98.1 Å². The van der Waals surface area contributed by atoms with Gasteiger partial charge in [-0.1, -0.05) is 61.0 Å². The van der Waals surface area contributed by atoms with Crippen LogP contribution in [0.4, 0.5) is 0 Å². The van der Waals surface area contributed by atoms with Crippen molar-refractivity contribution in [1.29, 1.82) is 5.26 Å². The molecule has 1 aliphatic rings. The van der Waals surface area contributed by atoms with Crippen LogP contribution in [-0.4, -0.2) is 33.0 Å². The fraction of sp³-hybridized carbons (Fsp3) is 0.152. The van der Waals surface area contributed by atoms with Crippen LogP contribution in [-0.2, 0) is 16.2 Å². The molecule has 0 atom stereocenters. The Labute approximate surface area is 243 Å². The van der Waals surface area contributed by atoms with Crippen LogP contribution in [0.3, 0.4) is 0 Å². The van der Waals surface area contributed by atoms with Gasteiger partial charge in [-0.3, -0.25) is 14.5 Å². The Morgan fingerprint density at radius 2 is 1.76 bits per heavy atom. The summed E-state index contributed by atoms with van der Waals surface area (Å²) in [6, 6.07) is 26.7. The summed E-state index contributed by atoms with van der Waals surface area (Å²) in [6.07, 6.45) is 4.14. The summed E-state index contributed by atoms with van der Waals surface area (Å²) >= 11 is 6.00. The second kappa shape index (κ2) is 12.1. The molecular formula is C33H27ClN4O3. The Balaban J connectivity index is 1.58. The molecule has 204 valence electrons. The highest BCUT2D eigenvalue weighted by molar-refractivity contribution is 6.30. The maximum atomic E-state index is 13.5. The van der Waals surface area contributed by atoms with Gasteiger partial charge < -0.3 is 4.74 Å². The van der Waals surface area contributed by atoms with Gasteiger partial charge in [-0.2, -0.15) is 10.4 Å². The Hall–Kier alpha value is -4.93. The van der Waals surface area contributed by atoms with Crippen LogP contribution in [0.15, 0.2) is 102 Å². The number of hydrogen-bond donors (Lipinski definition) is 0. The van der Waals surface area contributed by atoms with E-state index in [9.17, 15) is 14.9 Å². The maximum absolute atomic E-state index is 13.5. The molecule has 2 heterocycles. The van der Waals surface area contributed by atoms with E-state index in [0.29, 0.717) is 46.2 Å². The van der Waals surface area contributed by atoms with Gasteiger partial charge >= 0.3 is 0 Å². The van der Waals surface area contributed by atoms with Crippen molar-refractivity contribution in [3.63, 3.8) is 0 Å². The minimum atomic E-state index is -0.556. The average Bonchev–Trinajstić information content (AvgIpc) is 3.42. The third-order valence-electron chi connectivity index (χ3n) is 6.76. The van der Waals surface area contributed by atoms with E-state index in [0.717, 1.165) is 21.7 Å². The van der Waals surface area contributed by atoms with Gasteiger partial charge in [0.1, 0.15) is 29.7 Å². The minimum Gasteiger partial charge on any atom is -0.489 e. The molecule has 0 aliphatic carbocycles. The monoisotopic (exact) mass is 562 g/mol. The first kappa shape index (κ1) is 27.6. The molecule has 3 aromatic carbocycles. The van der Waals surface area contributed by atoms with E-state index in [1.165, 1.54) is 0 Å². The zero-order chi connectivity index (χ0) is 28.9. The second-order valence-corrected chi connectivity index (χ2v) is 10.0. The van der Waals surface area contributed by atoms with Crippen molar-refractivity contribution in [2.75, 3.05) is 6.54 Å². The third kappa shape index (κ3) is 5.84. The van der Waals surface area contributed by atoms with Gasteiger partial charge in [0.2, 0.25) is 0 Å². The predicted octanol–water partition coefficient (Wildman–Crippen LogP) is 6.77. The van der Waals surface area contributed by atoms with E-state index in [1.54, 1.807) is 17.7 Å². The van der Waals surface area contributed by atoms with Gasteiger partial charge in [0.05, 0.1) is 5.69 Å². The summed E-state index contributed by atoms with van der Waals surface area (Å²) in [5.74, 6) is -0.326. The summed E-state index contributed by atoms with van der Waals surface area (Å²) in [6.45, 7) is 4.12.